The average molecular weight is 360 g/mol. The highest BCUT2D eigenvalue weighted by molar-refractivity contribution is 7.15. The first kappa shape index (κ1) is 17.7. The molecule has 1 atom stereocenters. The fraction of sp³-hybridized carbons (Fsp3) is 0.474. The number of amides is 1. The molecule has 1 aromatic heterocycles. The second kappa shape index (κ2) is 7.87. The molecule has 1 aliphatic rings. The molecule has 6 heteroatoms. The number of hydrogen-bond acceptors (Lipinski definition) is 5. The van der Waals surface area contributed by atoms with Crippen molar-refractivity contribution >= 4 is 22.4 Å². The highest BCUT2D eigenvalue weighted by Crippen LogP contribution is 2.32. The van der Waals surface area contributed by atoms with Crippen LogP contribution < -0.4 is 14.8 Å². The van der Waals surface area contributed by atoms with E-state index in [0.29, 0.717) is 18.8 Å². The topological polar surface area (TPSA) is 60.5 Å². The monoisotopic (exact) mass is 360 g/mol. The minimum absolute atomic E-state index is 0.0130. The van der Waals surface area contributed by atoms with Gasteiger partial charge in [0.2, 0.25) is 5.91 Å². The van der Waals surface area contributed by atoms with Crippen molar-refractivity contribution in [1.82, 2.24) is 4.98 Å². The van der Waals surface area contributed by atoms with Gasteiger partial charge in [0.15, 0.2) is 5.13 Å². The van der Waals surface area contributed by atoms with Crippen molar-refractivity contribution in [1.29, 1.82) is 0 Å². The largest absolute Gasteiger partial charge is 0.497 e. The Labute approximate surface area is 152 Å². The highest BCUT2D eigenvalue weighted by Gasteiger charge is 2.20. The molecule has 134 valence electrons. The van der Waals surface area contributed by atoms with Gasteiger partial charge in [0.1, 0.15) is 11.5 Å². The van der Waals surface area contributed by atoms with E-state index in [-0.39, 0.29) is 5.91 Å². The Morgan fingerprint density at radius 2 is 2.00 bits per heavy atom. The van der Waals surface area contributed by atoms with E-state index < -0.39 is 0 Å². The molecule has 25 heavy (non-hydrogen) atoms. The molecule has 0 radical (unpaired) electrons. The van der Waals surface area contributed by atoms with Gasteiger partial charge in [0.05, 0.1) is 19.9 Å². The van der Waals surface area contributed by atoms with E-state index in [0.717, 1.165) is 40.7 Å². The SMILES string of the molecule is COc1cc(CCC(=O)Nc2nc3c(s2)CC(C)CC3)cc(OC)c1. The number of fused-ring (bicyclic) bond motifs is 1. The van der Waals surface area contributed by atoms with E-state index in [2.05, 4.69) is 17.2 Å². The number of thiazole rings is 1. The van der Waals surface area contributed by atoms with Crippen LogP contribution in [-0.2, 0) is 24.1 Å². The molecule has 1 amide bonds. The van der Waals surface area contributed by atoms with Crippen LogP contribution in [0.2, 0.25) is 0 Å². The molecule has 0 saturated heterocycles. The van der Waals surface area contributed by atoms with Gasteiger partial charge in [0.25, 0.3) is 0 Å². The Bertz CT molecular complexity index is 735. The first-order valence-electron chi connectivity index (χ1n) is 8.57. The fourth-order valence-corrected chi connectivity index (χ4v) is 4.23. The summed E-state index contributed by atoms with van der Waals surface area (Å²) in [6, 6.07) is 5.68. The number of nitrogens with zero attached hydrogens (tertiary/aromatic N) is 1. The van der Waals surface area contributed by atoms with Crippen molar-refractivity contribution in [2.75, 3.05) is 19.5 Å². The molecule has 1 aromatic carbocycles. The van der Waals surface area contributed by atoms with E-state index in [1.165, 1.54) is 11.3 Å². The number of aryl methyl sites for hydroxylation is 2. The zero-order chi connectivity index (χ0) is 17.8. The normalized spacial score (nSPS) is 16.2. The molecule has 1 heterocycles. The van der Waals surface area contributed by atoms with Crippen molar-refractivity contribution in [3.05, 3.63) is 34.3 Å². The van der Waals surface area contributed by atoms with Gasteiger partial charge in [0, 0.05) is 17.4 Å². The molecule has 1 unspecified atom stereocenters. The summed E-state index contributed by atoms with van der Waals surface area (Å²) in [6.45, 7) is 2.27. The molecule has 0 bridgehead atoms. The number of methoxy groups -OCH3 is 2. The number of aromatic nitrogens is 1. The number of rotatable bonds is 6. The van der Waals surface area contributed by atoms with Crippen LogP contribution in [0.4, 0.5) is 5.13 Å². The van der Waals surface area contributed by atoms with Gasteiger partial charge in [-0.15, -0.1) is 11.3 Å². The lowest BCUT2D eigenvalue weighted by Gasteiger charge is -2.15. The molecular formula is C19H24N2O3S. The third kappa shape index (κ3) is 4.51. The number of nitrogens with one attached hydrogen (secondary N) is 1. The van der Waals surface area contributed by atoms with E-state index in [1.54, 1.807) is 25.6 Å². The number of anilines is 1. The Kier molecular flexibility index (Phi) is 5.58. The Hall–Kier alpha value is -2.08. The van der Waals surface area contributed by atoms with Crippen LogP contribution in [0.1, 0.15) is 35.9 Å². The number of ether oxygens (including phenoxy) is 2. The fourth-order valence-electron chi connectivity index (χ4n) is 3.04. The van der Waals surface area contributed by atoms with Gasteiger partial charge >= 0.3 is 0 Å². The second-order valence-electron chi connectivity index (χ2n) is 6.51. The number of hydrogen-bond donors (Lipinski definition) is 1. The van der Waals surface area contributed by atoms with Gasteiger partial charge in [-0.2, -0.15) is 0 Å². The molecule has 5 nitrogen and oxygen atoms in total. The lowest BCUT2D eigenvalue weighted by Crippen LogP contribution is -2.12. The molecule has 0 spiro atoms. The lowest BCUT2D eigenvalue weighted by atomic mass is 9.93. The smallest absolute Gasteiger partial charge is 0.226 e. The number of carbonyl (C=O) groups excluding carboxylic acids is 1. The summed E-state index contributed by atoms with van der Waals surface area (Å²) in [5.41, 5.74) is 2.18. The second-order valence-corrected chi connectivity index (χ2v) is 7.59. The standard InChI is InChI=1S/C19H24N2O3S/c1-12-4-6-16-17(8-12)25-19(20-16)21-18(22)7-5-13-9-14(23-2)11-15(10-13)24-3/h9-12H,4-8H2,1-3H3,(H,20,21,22). The number of benzene rings is 1. The maximum atomic E-state index is 12.3. The highest BCUT2D eigenvalue weighted by atomic mass is 32.1. The van der Waals surface area contributed by atoms with Gasteiger partial charge in [-0.1, -0.05) is 6.92 Å². The summed E-state index contributed by atoms with van der Waals surface area (Å²) in [4.78, 5) is 18.2. The predicted molar refractivity (Wildman–Crippen MR) is 99.8 cm³/mol. The van der Waals surface area contributed by atoms with Crippen LogP contribution in [0.3, 0.4) is 0 Å². The lowest BCUT2D eigenvalue weighted by molar-refractivity contribution is -0.116. The zero-order valence-corrected chi connectivity index (χ0v) is 15.7. The Morgan fingerprint density at radius 1 is 1.28 bits per heavy atom. The van der Waals surface area contributed by atoms with Crippen LogP contribution in [-0.4, -0.2) is 25.1 Å². The maximum Gasteiger partial charge on any atom is 0.226 e. The minimum Gasteiger partial charge on any atom is -0.497 e. The van der Waals surface area contributed by atoms with E-state index in [9.17, 15) is 4.79 Å². The molecule has 1 N–H and O–H groups in total. The van der Waals surface area contributed by atoms with Gasteiger partial charge in [-0.25, -0.2) is 4.98 Å². The van der Waals surface area contributed by atoms with Crippen LogP contribution in [0.15, 0.2) is 18.2 Å². The Balaban J connectivity index is 1.58. The summed E-state index contributed by atoms with van der Waals surface area (Å²) in [5, 5.41) is 3.68. The van der Waals surface area contributed by atoms with Crippen LogP contribution in [0, 0.1) is 5.92 Å². The zero-order valence-electron chi connectivity index (χ0n) is 14.9. The third-order valence-electron chi connectivity index (χ3n) is 4.48. The molecular weight excluding hydrogens is 336 g/mol. The van der Waals surface area contributed by atoms with E-state index in [1.807, 2.05) is 18.2 Å². The molecule has 0 fully saturated rings. The van der Waals surface area contributed by atoms with E-state index in [4.69, 9.17) is 9.47 Å². The molecule has 1 aliphatic carbocycles. The summed E-state index contributed by atoms with van der Waals surface area (Å²) in [7, 11) is 3.24. The van der Waals surface area contributed by atoms with Crippen LogP contribution in [0.25, 0.3) is 0 Å². The quantitative estimate of drug-likeness (QED) is 0.850. The first-order valence-corrected chi connectivity index (χ1v) is 9.39. The Morgan fingerprint density at radius 3 is 2.68 bits per heavy atom. The van der Waals surface area contributed by atoms with Crippen molar-refractivity contribution in [3.8, 4) is 11.5 Å². The van der Waals surface area contributed by atoms with Crippen molar-refractivity contribution in [3.63, 3.8) is 0 Å². The molecule has 0 saturated carbocycles. The minimum atomic E-state index is -0.0130. The molecule has 2 aromatic rings. The summed E-state index contributed by atoms with van der Waals surface area (Å²) < 4.78 is 10.5. The van der Waals surface area contributed by atoms with Gasteiger partial charge in [-0.3, -0.25) is 4.79 Å². The summed E-state index contributed by atoms with van der Waals surface area (Å²) in [6.07, 6.45) is 4.30. The maximum absolute atomic E-state index is 12.3. The first-order chi connectivity index (χ1) is 12.1. The molecule has 0 aliphatic heterocycles. The van der Waals surface area contributed by atoms with Gasteiger partial charge in [-0.05, 0) is 49.3 Å². The average Bonchev–Trinajstić information content (AvgIpc) is 3.00. The van der Waals surface area contributed by atoms with Crippen molar-refractivity contribution in [2.24, 2.45) is 5.92 Å². The number of carbonyl (C=O) groups is 1. The predicted octanol–water partition coefficient (Wildman–Crippen LogP) is 3.86. The third-order valence-corrected chi connectivity index (χ3v) is 5.52. The summed E-state index contributed by atoms with van der Waals surface area (Å²) in [5.74, 6) is 2.16. The van der Waals surface area contributed by atoms with Crippen LogP contribution in [0.5, 0.6) is 11.5 Å². The molecule has 3 rings (SSSR count). The van der Waals surface area contributed by atoms with Crippen molar-refractivity contribution < 1.29 is 14.3 Å². The van der Waals surface area contributed by atoms with Crippen molar-refractivity contribution in [2.45, 2.75) is 39.0 Å². The summed E-state index contributed by atoms with van der Waals surface area (Å²) >= 11 is 1.62. The van der Waals surface area contributed by atoms with Crippen LogP contribution >= 0.6 is 11.3 Å². The van der Waals surface area contributed by atoms with E-state index >= 15 is 0 Å². The van der Waals surface area contributed by atoms with Gasteiger partial charge < -0.3 is 14.8 Å².